The fourth-order valence-corrected chi connectivity index (χ4v) is 5.26. The van der Waals surface area contributed by atoms with Crippen LogP contribution in [0.25, 0.3) is 0 Å². The fourth-order valence-electron chi connectivity index (χ4n) is 5.26. The zero-order valence-electron chi connectivity index (χ0n) is 27.5. The van der Waals surface area contributed by atoms with Gasteiger partial charge in [0.05, 0.1) is 26.4 Å². The van der Waals surface area contributed by atoms with Crippen LogP contribution in [0.5, 0.6) is 0 Å². The predicted octanol–water partition coefficient (Wildman–Crippen LogP) is 10.5. The molecule has 0 atom stereocenters. The van der Waals surface area contributed by atoms with Gasteiger partial charge >= 0.3 is 0 Å². The van der Waals surface area contributed by atoms with Gasteiger partial charge < -0.3 is 19.1 Å². The molecule has 0 saturated carbocycles. The first-order chi connectivity index (χ1) is 19.8. The Bertz CT molecular complexity index is 460. The van der Waals surface area contributed by atoms with E-state index in [0.29, 0.717) is 26.4 Å². The highest BCUT2D eigenvalue weighted by atomic mass is 16.5. The quantitative estimate of drug-likeness (QED) is 0.0705. The van der Waals surface area contributed by atoms with E-state index in [-0.39, 0.29) is 19.9 Å². The molecule has 248 valence electrons. The van der Waals surface area contributed by atoms with Crippen molar-refractivity contribution in [3.8, 4) is 0 Å². The van der Waals surface area contributed by atoms with Crippen molar-refractivity contribution in [1.29, 1.82) is 0 Å². The first-order valence-electron chi connectivity index (χ1n) is 17.7. The molecule has 0 fully saturated rings. The largest absolute Gasteiger partial charge is 0.382 e. The van der Waals surface area contributed by atoms with Crippen LogP contribution in [0.2, 0.25) is 0 Å². The van der Waals surface area contributed by atoms with E-state index < -0.39 is 0 Å². The summed E-state index contributed by atoms with van der Waals surface area (Å²) in [7, 11) is 1.67. The van der Waals surface area contributed by atoms with E-state index in [0.717, 1.165) is 25.9 Å². The van der Waals surface area contributed by atoms with E-state index in [1.54, 1.807) is 7.11 Å². The van der Waals surface area contributed by atoms with Gasteiger partial charge in [-0.05, 0) is 12.8 Å². The molecule has 0 N–H and O–H groups in total. The third kappa shape index (κ3) is 33.7. The third-order valence-electron chi connectivity index (χ3n) is 7.95. The molecular formula is C36H75NO4. The SMILES string of the molecule is C.CCCCCCCCCCCCCCN(CCCCCCCCCCCCCC)C(=O)COCCOCCOC. The van der Waals surface area contributed by atoms with Crippen LogP contribution in [-0.2, 0) is 19.0 Å². The average molecular weight is 586 g/mol. The predicted molar refractivity (Wildman–Crippen MR) is 179 cm³/mol. The molecule has 0 aromatic heterocycles. The minimum absolute atomic E-state index is 0. The minimum Gasteiger partial charge on any atom is -0.382 e. The number of carbonyl (C=O) groups is 1. The summed E-state index contributed by atoms with van der Waals surface area (Å²) in [6.45, 7) is 8.61. The number of hydrogen-bond donors (Lipinski definition) is 0. The fraction of sp³-hybridized carbons (Fsp3) is 0.972. The number of carbonyl (C=O) groups excluding carboxylic acids is 1. The van der Waals surface area contributed by atoms with Crippen LogP contribution in [0.1, 0.15) is 175 Å². The van der Waals surface area contributed by atoms with Crippen LogP contribution >= 0.6 is 0 Å². The van der Waals surface area contributed by atoms with E-state index >= 15 is 0 Å². The van der Waals surface area contributed by atoms with Crippen LogP contribution < -0.4 is 0 Å². The monoisotopic (exact) mass is 586 g/mol. The lowest BCUT2D eigenvalue weighted by molar-refractivity contribution is -0.136. The lowest BCUT2D eigenvalue weighted by Crippen LogP contribution is -2.36. The van der Waals surface area contributed by atoms with Gasteiger partial charge in [-0.15, -0.1) is 0 Å². The Labute approximate surface area is 258 Å². The second-order valence-corrected chi connectivity index (χ2v) is 11.8. The number of ether oxygens (including phenoxy) is 3. The van der Waals surface area contributed by atoms with Gasteiger partial charge in [-0.25, -0.2) is 0 Å². The lowest BCUT2D eigenvalue weighted by Gasteiger charge is -2.23. The van der Waals surface area contributed by atoms with Crippen molar-refractivity contribution in [2.24, 2.45) is 0 Å². The van der Waals surface area contributed by atoms with Gasteiger partial charge in [0.2, 0.25) is 5.91 Å². The second-order valence-electron chi connectivity index (χ2n) is 11.8. The van der Waals surface area contributed by atoms with Gasteiger partial charge in [0.25, 0.3) is 0 Å². The van der Waals surface area contributed by atoms with Crippen molar-refractivity contribution >= 4 is 5.91 Å². The summed E-state index contributed by atoms with van der Waals surface area (Å²) in [6.07, 6.45) is 32.2. The van der Waals surface area contributed by atoms with Gasteiger partial charge in [0, 0.05) is 20.2 Å². The highest BCUT2D eigenvalue weighted by Crippen LogP contribution is 2.14. The van der Waals surface area contributed by atoms with Crippen LogP contribution in [0.3, 0.4) is 0 Å². The Kier molecular flexibility index (Phi) is 38.7. The van der Waals surface area contributed by atoms with Crippen LogP contribution in [-0.4, -0.2) is 64.0 Å². The molecule has 5 heteroatoms. The van der Waals surface area contributed by atoms with Gasteiger partial charge in [-0.1, -0.05) is 163 Å². The molecule has 0 spiro atoms. The van der Waals surface area contributed by atoms with Gasteiger partial charge in [-0.3, -0.25) is 4.79 Å². The molecule has 0 rings (SSSR count). The third-order valence-corrected chi connectivity index (χ3v) is 7.95. The smallest absolute Gasteiger partial charge is 0.248 e. The van der Waals surface area contributed by atoms with Crippen molar-refractivity contribution in [2.45, 2.75) is 175 Å². The lowest BCUT2D eigenvalue weighted by atomic mass is 10.0. The molecule has 1 amide bonds. The number of hydrogen-bond acceptors (Lipinski definition) is 4. The highest BCUT2D eigenvalue weighted by Gasteiger charge is 2.13. The summed E-state index contributed by atoms with van der Waals surface area (Å²) in [5.41, 5.74) is 0. The molecule has 0 bridgehead atoms. The molecule has 0 heterocycles. The Hall–Kier alpha value is -0.650. The molecule has 0 aliphatic carbocycles. The molecule has 0 saturated heterocycles. The Balaban J connectivity index is 0. The summed E-state index contributed by atoms with van der Waals surface area (Å²) < 4.78 is 16.0. The molecule has 0 aliphatic rings. The average Bonchev–Trinajstić information content (AvgIpc) is 2.96. The second kappa shape index (κ2) is 37.4. The molecule has 0 unspecified atom stereocenters. The van der Waals surface area contributed by atoms with Gasteiger partial charge in [0.15, 0.2) is 0 Å². The molecule has 41 heavy (non-hydrogen) atoms. The Morgan fingerprint density at radius 1 is 0.463 bits per heavy atom. The number of unbranched alkanes of at least 4 members (excludes halogenated alkanes) is 22. The zero-order valence-corrected chi connectivity index (χ0v) is 27.5. The zero-order chi connectivity index (χ0) is 29.2. The molecule has 0 aromatic carbocycles. The van der Waals surface area contributed by atoms with Crippen molar-refractivity contribution in [3.63, 3.8) is 0 Å². The standard InChI is InChI=1S/C35H71NO4.CH4/c1-4-6-8-10-12-14-16-18-20-22-24-26-28-36(35(37)34-40-33-32-39-31-30-38-3)29-27-25-23-21-19-17-15-13-11-9-7-5-2;/h4-34H2,1-3H3;1H4. The van der Waals surface area contributed by atoms with E-state index in [1.165, 1.54) is 141 Å². The van der Waals surface area contributed by atoms with Crippen molar-refractivity contribution in [3.05, 3.63) is 0 Å². The van der Waals surface area contributed by atoms with E-state index in [2.05, 4.69) is 18.7 Å². The number of methoxy groups -OCH3 is 1. The minimum atomic E-state index is 0. The number of nitrogens with zero attached hydrogens (tertiary/aromatic N) is 1. The summed E-state index contributed by atoms with van der Waals surface area (Å²) >= 11 is 0. The summed E-state index contributed by atoms with van der Waals surface area (Å²) in [5.74, 6) is 0.142. The topological polar surface area (TPSA) is 48.0 Å². The maximum atomic E-state index is 12.9. The summed E-state index contributed by atoms with van der Waals surface area (Å²) in [4.78, 5) is 15.0. The summed E-state index contributed by atoms with van der Waals surface area (Å²) in [5, 5.41) is 0. The first-order valence-corrected chi connectivity index (χ1v) is 17.7. The van der Waals surface area contributed by atoms with Crippen LogP contribution in [0.4, 0.5) is 0 Å². The normalized spacial score (nSPS) is 11.1. The van der Waals surface area contributed by atoms with Crippen molar-refractivity contribution in [2.75, 3.05) is 53.2 Å². The van der Waals surface area contributed by atoms with E-state index in [9.17, 15) is 4.79 Å². The van der Waals surface area contributed by atoms with Gasteiger partial charge in [-0.2, -0.15) is 0 Å². The molecule has 5 nitrogen and oxygen atoms in total. The Morgan fingerprint density at radius 3 is 1.15 bits per heavy atom. The first kappa shape index (κ1) is 42.5. The van der Waals surface area contributed by atoms with Crippen molar-refractivity contribution in [1.82, 2.24) is 4.90 Å². The van der Waals surface area contributed by atoms with E-state index in [1.807, 2.05) is 0 Å². The summed E-state index contributed by atoms with van der Waals surface area (Å²) in [6, 6.07) is 0. The van der Waals surface area contributed by atoms with Crippen LogP contribution in [0, 0.1) is 0 Å². The van der Waals surface area contributed by atoms with Gasteiger partial charge in [0.1, 0.15) is 6.61 Å². The molecule has 0 aromatic rings. The number of rotatable bonds is 34. The molecule has 0 aliphatic heterocycles. The van der Waals surface area contributed by atoms with Crippen LogP contribution in [0.15, 0.2) is 0 Å². The Morgan fingerprint density at radius 2 is 0.780 bits per heavy atom. The number of amides is 1. The molecular weight excluding hydrogens is 510 g/mol. The maximum Gasteiger partial charge on any atom is 0.248 e. The molecule has 0 radical (unpaired) electrons. The van der Waals surface area contributed by atoms with Crippen molar-refractivity contribution < 1.29 is 19.0 Å². The highest BCUT2D eigenvalue weighted by molar-refractivity contribution is 5.77. The van der Waals surface area contributed by atoms with E-state index in [4.69, 9.17) is 14.2 Å². The maximum absolute atomic E-state index is 12.9.